The van der Waals surface area contributed by atoms with Gasteiger partial charge in [0.25, 0.3) is 0 Å². The number of rotatable bonds is 14. The molecule has 0 fully saturated rings. The van der Waals surface area contributed by atoms with Crippen molar-refractivity contribution in [3.05, 3.63) is 0 Å². The van der Waals surface area contributed by atoms with Crippen LogP contribution in [0.3, 0.4) is 0 Å². The van der Waals surface area contributed by atoms with Gasteiger partial charge in [0.15, 0.2) is 6.29 Å². The van der Waals surface area contributed by atoms with Gasteiger partial charge in [-0.05, 0) is 12.8 Å². The number of phosphoric ester groups is 1. The molecular formula is C14H31O5P. The van der Waals surface area contributed by atoms with Gasteiger partial charge in [-0.15, -0.1) is 0 Å². The van der Waals surface area contributed by atoms with E-state index in [0.29, 0.717) is 0 Å². The third-order valence-electron chi connectivity index (χ3n) is 3.31. The van der Waals surface area contributed by atoms with Gasteiger partial charge in [0.1, 0.15) is 0 Å². The van der Waals surface area contributed by atoms with Crippen LogP contribution in [0.25, 0.3) is 0 Å². The molecule has 0 aromatic carbocycles. The molecule has 0 aliphatic carbocycles. The molecule has 3 N–H and O–H groups in total. The predicted molar refractivity (Wildman–Crippen MR) is 80.2 cm³/mol. The Morgan fingerprint density at radius 1 is 0.850 bits per heavy atom. The van der Waals surface area contributed by atoms with E-state index in [1.807, 2.05) is 0 Å². The molecule has 0 saturated heterocycles. The summed E-state index contributed by atoms with van der Waals surface area (Å²) in [6, 6.07) is 0. The van der Waals surface area contributed by atoms with E-state index in [9.17, 15) is 9.67 Å². The summed E-state index contributed by atoms with van der Waals surface area (Å²) in [4.78, 5) is 17.0. The topological polar surface area (TPSA) is 87.0 Å². The van der Waals surface area contributed by atoms with Gasteiger partial charge >= 0.3 is 7.82 Å². The van der Waals surface area contributed by atoms with Crippen molar-refractivity contribution < 1.29 is 24.0 Å². The van der Waals surface area contributed by atoms with E-state index in [4.69, 9.17) is 9.79 Å². The average molecular weight is 310 g/mol. The van der Waals surface area contributed by atoms with E-state index in [0.717, 1.165) is 19.3 Å². The minimum atomic E-state index is -4.55. The molecule has 0 amide bonds. The average Bonchev–Trinajstić information content (AvgIpc) is 2.34. The van der Waals surface area contributed by atoms with Crippen LogP contribution in [0.1, 0.15) is 84.0 Å². The van der Waals surface area contributed by atoms with E-state index < -0.39 is 14.1 Å². The minimum absolute atomic E-state index is 0.280. The fourth-order valence-electron chi connectivity index (χ4n) is 2.19. The van der Waals surface area contributed by atoms with E-state index in [2.05, 4.69) is 11.4 Å². The molecule has 0 aliphatic heterocycles. The Bertz CT molecular complexity index is 254. The van der Waals surface area contributed by atoms with Crippen LogP contribution >= 0.6 is 7.82 Å². The highest BCUT2D eigenvalue weighted by molar-refractivity contribution is 7.46. The fourth-order valence-corrected chi connectivity index (χ4v) is 2.62. The first kappa shape index (κ1) is 20.1. The summed E-state index contributed by atoms with van der Waals surface area (Å²) in [5, 5.41) is 9.21. The molecule has 0 bridgehead atoms. The third kappa shape index (κ3) is 16.1. The summed E-state index contributed by atoms with van der Waals surface area (Å²) in [5.41, 5.74) is 0. The standard InChI is InChI=1S/C14H31O5P/c1-2-3-4-5-6-7-8-9-10-11-12-13-14(15)19-20(16,17)18/h14-15H,2-13H2,1H3,(H2,16,17,18). The molecule has 0 rings (SSSR count). The molecule has 5 nitrogen and oxygen atoms in total. The van der Waals surface area contributed by atoms with Gasteiger partial charge in [0.05, 0.1) is 0 Å². The third-order valence-corrected chi connectivity index (χ3v) is 3.83. The normalized spacial score (nSPS) is 13.6. The van der Waals surface area contributed by atoms with Gasteiger partial charge in [-0.2, -0.15) is 0 Å². The summed E-state index contributed by atoms with van der Waals surface area (Å²) < 4.78 is 14.6. The van der Waals surface area contributed by atoms with Crippen molar-refractivity contribution in [2.45, 2.75) is 90.3 Å². The monoisotopic (exact) mass is 310 g/mol. The van der Waals surface area contributed by atoms with Gasteiger partial charge in [0, 0.05) is 0 Å². The lowest BCUT2D eigenvalue weighted by atomic mass is 10.1. The van der Waals surface area contributed by atoms with Crippen molar-refractivity contribution in [1.82, 2.24) is 0 Å². The molecule has 1 atom stereocenters. The van der Waals surface area contributed by atoms with Gasteiger partial charge in [-0.1, -0.05) is 71.1 Å². The summed E-state index contributed by atoms with van der Waals surface area (Å²) in [6.07, 6.45) is 12.2. The van der Waals surface area contributed by atoms with Crippen molar-refractivity contribution in [1.29, 1.82) is 0 Å². The Balaban J connectivity index is 3.19. The van der Waals surface area contributed by atoms with Crippen LogP contribution in [0.4, 0.5) is 0 Å². The molecule has 0 heterocycles. The second kappa shape index (κ2) is 12.8. The number of hydrogen-bond donors (Lipinski definition) is 3. The zero-order valence-electron chi connectivity index (χ0n) is 12.7. The van der Waals surface area contributed by atoms with Crippen LogP contribution < -0.4 is 0 Å². The first-order chi connectivity index (χ1) is 9.45. The zero-order chi connectivity index (χ0) is 15.3. The maximum absolute atomic E-state index is 10.5. The van der Waals surface area contributed by atoms with E-state index in [-0.39, 0.29) is 6.42 Å². The second-order valence-corrected chi connectivity index (χ2v) is 6.57. The van der Waals surface area contributed by atoms with Crippen molar-refractivity contribution >= 4 is 7.82 Å². The zero-order valence-corrected chi connectivity index (χ0v) is 13.6. The largest absolute Gasteiger partial charge is 0.471 e. The summed E-state index contributed by atoms with van der Waals surface area (Å²) in [5.74, 6) is 0. The lowest BCUT2D eigenvalue weighted by Gasteiger charge is -2.11. The van der Waals surface area contributed by atoms with Gasteiger partial charge < -0.3 is 14.9 Å². The van der Waals surface area contributed by atoms with Crippen molar-refractivity contribution in [3.63, 3.8) is 0 Å². The predicted octanol–water partition coefficient (Wildman–Crippen LogP) is 4.12. The molecule has 20 heavy (non-hydrogen) atoms. The SMILES string of the molecule is CCCCCCCCCCCCCC(O)OP(=O)(O)O. The van der Waals surface area contributed by atoms with Crippen LogP contribution in [0.5, 0.6) is 0 Å². The van der Waals surface area contributed by atoms with Crippen molar-refractivity contribution in [2.24, 2.45) is 0 Å². The molecule has 122 valence electrons. The summed E-state index contributed by atoms with van der Waals surface area (Å²) in [6.45, 7) is 2.22. The number of unbranched alkanes of at least 4 members (excludes halogenated alkanes) is 10. The molecule has 0 aromatic heterocycles. The Hall–Kier alpha value is 0.0700. The highest BCUT2D eigenvalue weighted by Gasteiger charge is 2.19. The number of hydrogen-bond acceptors (Lipinski definition) is 3. The molecule has 0 aromatic rings. The summed E-state index contributed by atoms with van der Waals surface area (Å²) >= 11 is 0. The highest BCUT2D eigenvalue weighted by atomic mass is 31.2. The minimum Gasteiger partial charge on any atom is -0.367 e. The van der Waals surface area contributed by atoms with Crippen LogP contribution in [-0.4, -0.2) is 21.2 Å². The molecule has 6 heteroatoms. The first-order valence-corrected chi connectivity index (χ1v) is 9.40. The van der Waals surface area contributed by atoms with Crippen molar-refractivity contribution in [3.8, 4) is 0 Å². The van der Waals surface area contributed by atoms with Crippen LogP contribution in [0.15, 0.2) is 0 Å². The second-order valence-electron chi connectivity index (χ2n) is 5.37. The number of aliphatic hydroxyl groups is 1. The maximum Gasteiger partial charge on any atom is 0.471 e. The van der Waals surface area contributed by atoms with Gasteiger partial charge in [-0.3, -0.25) is 4.52 Å². The molecule has 0 spiro atoms. The summed E-state index contributed by atoms with van der Waals surface area (Å²) in [7, 11) is -4.55. The van der Waals surface area contributed by atoms with Crippen LogP contribution in [-0.2, 0) is 9.09 Å². The number of aliphatic hydroxyl groups excluding tert-OH is 1. The van der Waals surface area contributed by atoms with Crippen LogP contribution in [0, 0.1) is 0 Å². The molecule has 0 radical (unpaired) electrons. The molecule has 0 aliphatic rings. The van der Waals surface area contributed by atoms with E-state index >= 15 is 0 Å². The lowest BCUT2D eigenvalue weighted by Crippen LogP contribution is -2.09. The molecule has 0 saturated carbocycles. The Labute approximate surface area is 123 Å². The van der Waals surface area contributed by atoms with Crippen LogP contribution in [0.2, 0.25) is 0 Å². The number of phosphoric acid groups is 1. The lowest BCUT2D eigenvalue weighted by molar-refractivity contribution is -0.0426. The Morgan fingerprint density at radius 3 is 1.65 bits per heavy atom. The molecule has 1 unspecified atom stereocenters. The maximum atomic E-state index is 10.5. The highest BCUT2D eigenvalue weighted by Crippen LogP contribution is 2.37. The Morgan fingerprint density at radius 2 is 1.25 bits per heavy atom. The smallest absolute Gasteiger partial charge is 0.367 e. The van der Waals surface area contributed by atoms with E-state index in [1.165, 1.54) is 51.4 Å². The first-order valence-electron chi connectivity index (χ1n) is 7.87. The Kier molecular flexibility index (Phi) is 12.8. The quantitative estimate of drug-likeness (QED) is 0.255. The van der Waals surface area contributed by atoms with E-state index in [1.54, 1.807) is 0 Å². The van der Waals surface area contributed by atoms with Gasteiger partial charge in [0.2, 0.25) is 0 Å². The van der Waals surface area contributed by atoms with Crippen molar-refractivity contribution in [2.75, 3.05) is 0 Å². The van der Waals surface area contributed by atoms with Gasteiger partial charge in [-0.25, -0.2) is 4.57 Å². The molecular weight excluding hydrogens is 279 g/mol. The fraction of sp³-hybridized carbons (Fsp3) is 1.00.